The molecule has 0 unspecified atom stereocenters. The highest BCUT2D eigenvalue weighted by atomic mass is 16.6. The van der Waals surface area contributed by atoms with E-state index in [1.165, 1.54) is 10.0 Å². The Morgan fingerprint density at radius 1 is 1.19 bits per heavy atom. The molecule has 1 saturated heterocycles. The van der Waals surface area contributed by atoms with Crippen molar-refractivity contribution in [3.63, 3.8) is 0 Å². The Bertz CT molecular complexity index is 537. The Kier molecular flexibility index (Phi) is 3.98. The van der Waals surface area contributed by atoms with Gasteiger partial charge in [0, 0.05) is 13.1 Å². The first-order valence-electron chi connectivity index (χ1n) is 7.08. The quantitative estimate of drug-likeness (QED) is 0.799. The highest BCUT2D eigenvalue weighted by molar-refractivity contribution is 5.93. The smallest absolute Gasteiger partial charge is 0.429 e. The van der Waals surface area contributed by atoms with Gasteiger partial charge in [0.1, 0.15) is 11.4 Å². The van der Waals surface area contributed by atoms with Crippen LogP contribution < -0.4 is 0 Å². The van der Waals surface area contributed by atoms with Gasteiger partial charge in [0.15, 0.2) is 5.76 Å². The number of carbonyl (C=O) groups excluding carboxylic acids is 2. The summed E-state index contributed by atoms with van der Waals surface area (Å²) in [7, 11) is 0. The lowest BCUT2D eigenvalue weighted by atomic mass is 10.2. The van der Waals surface area contributed by atoms with Crippen molar-refractivity contribution in [1.82, 2.24) is 10.0 Å². The fourth-order valence-electron chi connectivity index (χ4n) is 2.13. The van der Waals surface area contributed by atoms with E-state index in [1.54, 1.807) is 26.8 Å². The molecule has 0 saturated carbocycles. The first-order valence-corrected chi connectivity index (χ1v) is 7.08. The minimum absolute atomic E-state index is 0.250. The molecule has 116 valence electrons. The summed E-state index contributed by atoms with van der Waals surface area (Å²) in [5.41, 5.74) is 0.327. The van der Waals surface area contributed by atoms with Gasteiger partial charge in [0.05, 0.1) is 0 Å². The largest absolute Gasteiger partial charge is 0.456 e. The van der Waals surface area contributed by atoms with Crippen molar-refractivity contribution in [2.24, 2.45) is 0 Å². The van der Waals surface area contributed by atoms with Crippen LogP contribution in [0.2, 0.25) is 0 Å². The Balaban J connectivity index is 2.14. The third-order valence-electron chi connectivity index (χ3n) is 3.25. The molecule has 1 aromatic heterocycles. The molecule has 0 bridgehead atoms. The first-order chi connectivity index (χ1) is 9.69. The van der Waals surface area contributed by atoms with Crippen LogP contribution in [0.3, 0.4) is 0 Å². The second kappa shape index (κ2) is 5.42. The second-order valence-electron chi connectivity index (χ2n) is 6.24. The normalized spacial score (nSPS) is 15.5. The van der Waals surface area contributed by atoms with E-state index in [0.717, 1.165) is 12.0 Å². The van der Waals surface area contributed by atoms with E-state index >= 15 is 0 Å². The van der Waals surface area contributed by atoms with Gasteiger partial charge in [-0.2, -0.15) is 0 Å². The van der Waals surface area contributed by atoms with Crippen LogP contribution in [-0.2, 0) is 4.74 Å². The number of amides is 2. The molecule has 2 rings (SSSR count). The molecule has 6 nitrogen and oxygen atoms in total. The molecule has 1 aromatic rings. The van der Waals surface area contributed by atoms with Crippen molar-refractivity contribution in [3.05, 3.63) is 23.2 Å². The van der Waals surface area contributed by atoms with Crippen LogP contribution in [0.1, 0.15) is 49.1 Å². The summed E-state index contributed by atoms with van der Waals surface area (Å²) in [6, 6.07) is 1.70. The molecule has 1 aliphatic rings. The highest BCUT2D eigenvalue weighted by Crippen LogP contribution is 2.21. The van der Waals surface area contributed by atoms with Gasteiger partial charge in [-0.3, -0.25) is 4.79 Å². The van der Waals surface area contributed by atoms with Crippen molar-refractivity contribution in [3.8, 4) is 0 Å². The Hall–Kier alpha value is -1.98. The Morgan fingerprint density at radius 2 is 1.81 bits per heavy atom. The standard InChI is InChI=1S/C15H22N2O4/c1-10-9-12(20-11(10)2)13(18)16-7-6-8-17(16)14(19)21-15(3,4)5/h9H,6-8H2,1-5H3. The van der Waals surface area contributed by atoms with Crippen molar-refractivity contribution < 1.29 is 18.7 Å². The molecule has 0 aromatic carbocycles. The maximum atomic E-state index is 12.5. The predicted octanol–water partition coefficient (Wildman–Crippen LogP) is 2.89. The summed E-state index contributed by atoms with van der Waals surface area (Å²) < 4.78 is 10.8. The minimum Gasteiger partial charge on any atom is -0.456 e. The number of ether oxygens (including phenoxy) is 1. The average Bonchev–Trinajstić information content (AvgIpc) is 2.94. The van der Waals surface area contributed by atoms with E-state index < -0.39 is 11.7 Å². The zero-order chi connectivity index (χ0) is 15.8. The number of rotatable bonds is 1. The van der Waals surface area contributed by atoms with Gasteiger partial charge in [-0.1, -0.05) is 0 Å². The number of aryl methyl sites for hydroxylation is 2. The van der Waals surface area contributed by atoms with Gasteiger partial charge < -0.3 is 9.15 Å². The molecule has 6 heteroatoms. The maximum absolute atomic E-state index is 12.5. The molecule has 21 heavy (non-hydrogen) atoms. The summed E-state index contributed by atoms with van der Waals surface area (Å²) in [6.07, 6.45) is 0.220. The van der Waals surface area contributed by atoms with Crippen LogP contribution in [-0.4, -0.2) is 40.7 Å². The van der Waals surface area contributed by atoms with Crippen molar-refractivity contribution in [1.29, 1.82) is 0 Å². The van der Waals surface area contributed by atoms with Crippen LogP contribution in [0, 0.1) is 13.8 Å². The molecule has 0 radical (unpaired) electrons. The molecule has 0 spiro atoms. The summed E-state index contributed by atoms with van der Waals surface area (Å²) in [5.74, 6) is 0.649. The number of hydrogen-bond acceptors (Lipinski definition) is 4. The minimum atomic E-state index is -0.591. The van der Waals surface area contributed by atoms with E-state index in [2.05, 4.69) is 0 Å². The van der Waals surface area contributed by atoms with Crippen LogP contribution in [0.4, 0.5) is 4.79 Å². The maximum Gasteiger partial charge on any atom is 0.429 e. The Morgan fingerprint density at radius 3 is 2.33 bits per heavy atom. The van der Waals surface area contributed by atoms with Crippen molar-refractivity contribution >= 4 is 12.0 Å². The molecular weight excluding hydrogens is 272 g/mol. The van der Waals surface area contributed by atoms with Crippen molar-refractivity contribution in [2.45, 2.75) is 46.6 Å². The molecule has 2 heterocycles. The van der Waals surface area contributed by atoms with Gasteiger partial charge >= 0.3 is 12.0 Å². The Labute approximate surface area is 124 Å². The lowest BCUT2D eigenvalue weighted by Crippen LogP contribution is -2.46. The lowest BCUT2D eigenvalue weighted by Gasteiger charge is -2.29. The fraction of sp³-hybridized carbons (Fsp3) is 0.600. The highest BCUT2D eigenvalue weighted by Gasteiger charge is 2.35. The van der Waals surface area contributed by atoms with Crippen LogP contribution in [0.15, 0.2) is 10.5 Å². The molecule has 1 fully saturated rings. The number of nitrogens with zero attached hydrogens (tertiary/aromatic N) is 2. The number of hydrazine groups is 1. The van der Waals surface area contributed by atoms with Gasteiger partial charge in [0.2, 0.25) is 0 Å². The lowest BCUT2D eigenvalue weighted by molar-refractivity contribution is -0.0203. The third kappa shape index (κ3) is 3.37. The molecular formula is C15H22N2O4. The van der Waals surface area contributed by atoms with E-state index in [4.69, 9.17) is 9.15 Å². The molecule has 1 aliphatic heterocycles. The van der Waals surface area contributed by atoms with E-state index in [1.807, 2.05) is 13.8 Å². The van der Waals surface area contributed by atoms with Gasteiger partial charge in [-0.05, 0) is 52.7 Å². The summed E-state index contributed by atoms with van der Waals surface area (Å²) in [6.45, 7) is 10.0. The van der Waals surface area contributed by atoms with Crippen LogP contribution in [0.5, 0.6) is 0 Å². The molecule has 0 N–H and O–H groups in total. The topological polar surface area (TPSA) is 63.0 Å². The second-order valence-corrected chi connectivity index (χ2v) is 6.24. The molecule has 2 amide bonds. The third-order valence-corrected chi connectivity index (χ3v) is 3.25. The van der Waals surface area contributed by atoms with Crippen molar-refractivity contribution in [2.75, 3.05) is 13.1 Å². The molecule has 0 atom stereocenters. The van der Waals surface area contributed by atoms with E-state index in [-0.39, 0.29) is 11.7 Å². The predicted molar refractivity (Wildman–Crippen MR) is 76.8 cm³/mol. The van der Waals surface area contributed by atoms with Gasteiger partial charge in [-0.25, -0.2) is 14.8 Å². The fourth-order valence-corrected chi connectivity index (χ4v) is 2.13. The SMILES string of the molecule is Cc1cc(C(=O)N2CCCN2C(=O)OC(C)(C)C)oc1C. The average molecular weight is 294 g/mol. The zero-order valence-corrected chi connectivity index (χ0v) is 13.2. The molecule has 0 aliphatic carbocycles. The zero-order valence-electron chi connectivity index (χ0n) is 13.2. The number of carbonyl (C=O) groups is 2. The van der Waals surface area contributed by atoms with E-state index in [0.29, 0.717) is 18.8 Å². The number of furan rings is 1. The summed E-state index contributed by atoms with van der Waals surface area (Å²) in [4.78, 5) is 24.6. The van der Waals surface area contributed by atoms with Crippen LogP contribution >= 0.6 is 0 Å². The monoisotopic (exact) mass is 294 g/mol. The first kappa shape index (κ1) is 15.4. The van der Waals surface area contributed by atoms with Gasteiger partial charge in [-0.15, -0.1) is 0 Å². The number of hydrogen-bond donors (Lipinski definition) is 0. The van der Waals surface area contributed by atoms with Crippen LogP contribution in [0.25, 0.3) is 0 Å². The summed E-state index contributed by atoms with van der Waals surface area (Å²) >= 11 is 0. The summed E-state index contributed by atoms with van der Waals surface area (Å²) in [5, 5.41) is 2.74. The van der Waals surface area contributed by atoms with E-state index in [9.17, 15) is 9.59 Å². The van der Waals surface area contributed by atoms with Gasteiger partial charge in [0.25, 0.3) is 0 Å².